The van der Waals surface area contributed by atoms with Crippen LogP contribution in [-0.4, -0.2) is 15.8 Å². The van der Waals surface area contributed by atoms with Crippen LogP contribution in [0.15, 0.2) is 22.9 Å². The number of rotatable bonds is 5. The minimum atomic E-state index is 0.776. The highest BCUT2D eigenvalue weighted by Gasteiger charge is 2.20. The number of hydrogen-bond donors (Lipinski definition) is 1. The molecule has 1 N–H and O–H groups in total. The summed E-state index contributed by atoms with van der Waals surface area (Å²) < 4.78 is 3.00. The first-order chi connectivity index (χ1) is 8.70. The van der Waals surface area contributed by atoms with E-state index in [4.69, 9.17) is 0 Å². The SMILES string of the molecule is Cc1sc(CNC2CC2)cc1Cn1cc(Br)cn1. The lowest BCUT2D eigenvalue weighted by molar-refractivity contribution is 0.680. The van der Waals surface area contributed by atoms with E-state index < -0.39 is 0 Å². The molecule has 0 bridgehead atoms. The average Bonchev–Trinajstić information content (AvgIpc) is 2.99. The van der Waals surface area contributed by atoms with Gasteiger partial charge in [-0.3, -0.25) is 4.68 Å². The maximum Gasteiger partial charge on any atom is 0.0670 e. The molecule has 5 heteroatoms. The van der Waals surface area contributed by atoms with Gasteiger partial charge in [-0.25, -0.2) is 0 Å². The summed E-state index contributed by atoms with van der Waals surface area (Å²) >= 11 is 5.32. The highest BCUT2D eigenvalue weighted by molar-refractivity contribution is 9.10. The van der Waals surface area contributed by atoms with E-state index in [9.17, 15) is 0 Å². The summed E-state index contributed by atoms with van der Waals surface area (Å²) in [6.45, 7) is 4.06. The van der Waals surface area contributed by atoms with Crippen molar-refractivity contribution in [1.29, 1.82) is 0 Å². The third-order valence-corrected chi connectivity index (χ3v) is 4.65. The van der Waals surface area contributed by atoms with E-state index in [1.54, 1.807) is 0 Å². The molecule has 0 atom stereocenters. The van der Waals surface area contributed by atoms with Crippen LogP contribution in [0.1, 0.15) is 28.2 Å². The molecule has 1 aliphatic rings. The molecule has 1 saturated carbocycles. The highest BCUT2D eigenvalue weighted by atomic mass is 79.9. The predicted octanol–water partition coefficient (Wildman–Crippen LogP) is 3.32. The molecule has 3 nitrogen and oxygen atoms in total. The lowest BCUT2D eigenvalue weighted by Gasteiger charge is -2.00. The first kappa shape index (κ1) is 12.4. The average molecular weight is 326 g/mol. The summed E-state index contributed by atoms with van der Waals surface area (Å²) in [5.41, 5.74) is 1.38. The third-order valence-electron chi connectivity index (χ3n) is 3.15. The van der Waals surface area contributed by atoms with Crippen molar-refractivity contribution in [2.24, 2.45) is 0 Å². The van der Waals surface area contributed by atoms with E-state index >= 15 is 0 Å². The second-order valence-corrected chi connectivity index (χ2v) is 7.06. The van der Waals surface area contributed by atoms with Gasteiger partial charge >= 0.3 is 0 Å². The van der Waals surface area contributed by atoms with Crippen molar-refractivity contribution >= 4 is 27.3 Å². The minimum Gasteiger partial charge on any atom is -0.309 e. The molecule has 0 aliphatic heterocycles. The van der Waals surface area contributed by atoms with Crippen molar-refractivity contribution in [2.75, 3.05) is 0 Å². The minimum absolute atomic E-state index is 0.776. The smallest absolute Gasteiger partial charge is 0.0670 e. The van der Waals surface area contributed by atoms with Gasteiger partial charge in [0.25, 0.3) is 0 Å². The van der Waals surface area contributed by atoms with E-state index in [0.29, 0.717) is 0 Å². The van der Waals surface area contributed by atoms with Crippen LogP contribution in [0.5, 0.6) is 0 Å². The van der Waals surface area contributed by atoms with Crippen LogP contribution in [0.3, 0.4) is 0 Å². The molecule has 0 radical (unpaired) electrons. The lowest BCUT2D eigenvalue weighted by atomic mass is 10.2. The second kappa shape index (κ2) is 5.15. The summed E-state index contributed by atoms with van der Waals surface area (Å²) in [7, 11) is 0. The normalized spacial score (nSPS) is 15.2. The molecule has 1 aliphatic carbocycles. The fourth-order valence-corrected chi connectivity index (χ4v) is 3.30. The molecule has 2 heterocycles. The number of aromatic nitrogens is 2. The van der Waals surface area contributed by atoms with Gasteiger partial charge in [-0.15, -0.1) is 11.3 Å². The first-order valence-corrected chi connectivity index (χ1v) is 7.81. The third kappa shape index (κ3) is 3.02. The summed E-state index contributed by atoms with van der Waals surface area (Å²) in [5.74, 6) is 0. The Hall–Kier alpha value is -0.650. The van der Waals surface area contributed by atoms with Crippen molar-refractivity contribution in [2.45, 2.75) is 38.9 Å². The van der Waals surface area contributed by atoms with Gasteiger partial charge in [0.2, 0.25) is 0 Å². The largest absolute Gasteiger partial charge is 0.309 e. The fourth-order valence-electron chi connectivity index (χ4n) is 1.96. The zero-order valence-corrected chi connectivity index (χ0v) is 12.7. The number of nitrogens with zero attached hydrogens (tertiary/aromatic N) is 2. The number of halogens is 1. The number of nitrogens with one attached hydrogen (secondary N) is 1. The van der Waals surface area contributed by atoms with Gasteiger partial charge < -0.3 is 5.32 Å². The number of thiophene rings is 1. The molecule has 0 spiro atoms. The molecule has 0 aromatic carbocycles. The maximum absolute atomic E-state index is 4.30. The molecule has 0 unspecified atom stereocenters. The van der Waals surface area contributed by atoms with Crippen molar-refractivity contribution < 1.29 is 0 Å². The van der Waals surface area contributed by atoms with E-state index in [0.717, 1.165) is 23.6 Å². The van der Waals surface area contributed by atoms with Crippen LogP contribution in [-0.2, 0) is 13.1 Å². The maximum atomic E-state index is 4.30. The molecule has 0 amide bonds. The first-order valence-electron chi connectivity index (χ1n) is 6.20. The zero-order chi connectivity index (χ0) is 12.5. The van der Waals surface area contributed by atoms with Crippen LogP contribution >= 0.6 is 27.3 Å². The van der Waals surface area contributed by atoms with Gasteiger partial charge in [0, 0.05) is 28.5 Å². The quantitative estimate of drug-likeness (QED) is 0.913. The molecule has 2 aromatic heterocycles. The van der Waals surface area contributed by atoms with Crippen molar-refractivity contribution in [1.82, 2.24) is 15.1 Å². The van der Waals surface area contributed by atoms with E-state index in [1.165, 1.54) is 28.2 Å². The van der Waals surface area contributed by atoms with Gasteiger partial charge in [0.15, 0.2) is 0 Å². The fraction of sp³-hybridized carbons (Fsp3) is 0.462. The van der Waals surface area contributed by atoms with Crippen molar-refractivity contribution in [3.63, 3.8) is 0 Å². The predicted molar refractivity (Wildman–Crippen MR) is 77.9 cm³/mol. The molecular weight excluding hydrogens is 310 g/mol. The summed E-state index contributed by atoms with van der Waals surface area (Å²) in [6.07, 6.45) is 6.54. The molecule has 3 rings (SSSR count). The highest BCUT2D eigenvalue weighted by Crippen LogP contribution is 2.25. The van der Waals surface area contributed by atoms with Crippen LogP contribution in [0.2, 0.25) is 0 Å². The van der Waals surface area contributed by atoms with Crippen molar-refractivity contribution in [3.05, 3.63) is 38.3 Å². The number of aryl methyl sites for hydroxylation is 1. The Morgan fingerprint density at radius 3 is 3.06 bits per heavy atom. The number of hydrogen-bond acceptors (Lipinski definition) is 3. The Bertz CT molecular complexity index is 542. The standard InChI is InChI=1S/C13H16BrN3S/c1-9-10(7-17-8-11(14)5-16-17)4-13(18-9)6-15-12-2-3-12/h4-5,8,12,15H,2-3,6-7H2,1H3. The summed E-state index contributed by atoms with van der Waals surface area (Å²) in [4.78, 5) is 2.83. The van der Waals surface area contributed by atoms with Gasteiger partial charge in [0.1, 0.15) is 0 Å². The Morgan fingerprint density at radius 2 is 2.39 bits per heavy atom. The lowest BCUT2D eigenvalue weighted by Crippen LogP contribution is -2.14. The monoisotopic (exact) mass is 325 g/mol. The molecular formula is C13H16BrN3S. The summed E-state index contributed by atoms with van der Waals surface area (Å²) in [6, 6.07) is 3.09. The molecule has 0 saturated heterocycles. The molecule has 18 heavy (non-hydrogen) atoms. The van der Waals surface area contributed by atoms with E-state index in [2.05, 4.69) is 39.3 Å². The zero-order valence-electron chi connectivity index (χ0n) is 10.3. The van der Waals surface area contributed by atoms with Gasteiger partial charge in [-0.1, -0.05) is 0 Å². The van der Waals surface area contributed by atoms with Gasteiger partial charge in [-0.2, -0.15) is 5.10 Å². The van der Waals surface area contributed by atoms with Crippen LogP contribution < -0.4 is 5.32 Å². The van der Waals surface area contributed by atoms with Crippen LogP contribution in [0.4, 0.5) is 0 Å². The Balaban J connectivity index is 1.67. The molecule has 2 aromatic rings. The van der Waals surface area contributed by atoms with Crippen LogP contribution in [0, 0.1) is 6.92 Å². The summed E-state index contributed by atoms with van der Waals surface area (Å²) in [5, 5.41) is 7.87. The van der Waals surface area contributed by atoms with Crippen LogP contribution in [0.25, 0.3) is 0 Å². The Kier molecular flexibility index (Phi) is 3.54. The van der Waals surface area contributed by atoms with Gasteiger partial charge in [-0.05, 0) is 47.3 Å². The topological polar surface area (TPSA) is 29.9 Å². The molecule has 1 fully saturated rings. The van der Waals surface area contributed by atoms with E-state index in [1.807, 2.05) is 28.4 Å². The van der Waals surface area contributed by atoms with E-state index in [-0.39, 0.29) is 0 Å². The Labute approximate surface area is 119 Å². The molecule has 96 valence electrons. The second-order valence-electron chi connectivity index (χ2n) is 4.81. The van der Waals surface area contributed by atoms with Crippen molar-refractivity contribution in [3.8, 4) is 0 Å². The Morgan fingerprint density at radius 1 is 1.56 bits per heavy atom. The van der Waals surface area contributed by atoms with Gasteiger partial charge in [0.05, 0.1) is 17.2 Å².